The molecule has 4 nitrogen and oxygen atoms in total. The average Bonchev–Trinajstić information content (AvgIpc) is 3.16. The van der Waals surface area contributed by atoms with Crippen LogP contribution in [0.15, 0.2) is 80.6 Å². The second-order valence-electron chi connectivity index (χ2n) is 5.34. The first-order valence-corrected chi connectivity index (χ1v) is 7.52. The molecule has 0 atom stereocenters. The first-order valence-electron chi connectivity index (χ1n) is 7.52. The van der Waals surface area contributed by atoms with E-state index in [1.165, 1.54) is 0 Å². The Morgan fingerprint density at radius 2 is 1.71 bits per heavy atom. The van der Waals surface area contributed by atoms with Crippen LogP contribution in [-0.2, 0) is 0 Å². The van der Waals surface area contributed by atoms with Crippen molar-refractivity contribution in [2.45, 2.75) is 0 Å². The number of para-hydroxylation sites is 1. The summed E-state index contributed by atoms with van der Waals surface area (Å²) in [4.78, 5) is 13.1. The van der Waals surface area contributed by atoms with E-state index in [4.69, 9.17) is 13.6 Å². The number of hydrogen-bond donors (Lipinski definition) is 0. The Morgan fingerprint density at radius 1 is 0.917 bits per heavy atom. The SMILES string of the molecule is COc1ccc(-c2c(-c3ccco3)oc3ccccc3c2=O)cc1. The lowest BCUT2D eigenvalue weighted by Gasteiger charge is -2.09. The van der Waals surface area contributed by atoms with Crippen LogP contribution < -0.4 is 10.2 Å². The van der Waals surface area contributed by atoms with Gasteiger partial charge in [0.1, 0.15) is 11.3 Å². The third-order valence-electron chi connectivity index (χ3n) is 3.92. The summed E-state index contributed by atoms with van der Waals surface area (Å²) < 4.78 is 16.7. The van der Waals surface area contributed by atoms with Crippen molar-refractivity contribution in [3.05, 3.63) is 77.2 Å². The molecule has 0 spiro atoms. The van der Waals surface area contributed by atoms with Gasteiger partial charge in [-0.05, 0) is 42.0 Å². The number of benzene rings is 2. The summed E-state index contributed by atoms with van der Waals surface area (Å²) in [6.07, 6.45) is 1.56. The van der Waals surface area contributed by atoms with Crippen molar-refractivity contribution < 1.29 is 13.6 Å². The normalized spacial score (nSPS) is 10.9. The Bertz CT molecular complexity index is 1040. The summed E-state index contributed by atoms with van der Waals surface area (Å²) in [6, 6.07) is 18.1. The van der Waals surface area contributed by atoms with Crippen LogP contribution in [0, 0.1) is 0 Å². The van der Waals surface area contributed by atoms with E-state index in [2.05, 4.69) is 0 Å². The van der Waals surface area contributed by atoms with Crippen molar-refractivity contribution in [3.63, 3.8) is 0 Å². The third kappa shape index (κ3) is 2.29. The lowest BCUT2D eigenvalue weighted by Crippen LogP contribution is -2.07. The highest BCUT2D eigenvalue weighted by Gasteiger charge is 2.19. The Hall–Kier alpha value is -3.27. The lowest BCUT2D eigenvalue weighted by atomic mass is 10.0. The van der Waals surface area contributed by atoms with E-state index in [0.29, 0.717) is 28.1 Å². The Labute approximate surface area is 137 Å². The van der Waals surface area contributed by atoms with Crippen molar-refractivity contribution >= 4 is 11.0 Å². The number of ether oxygens (including phenoxy) is 1. The van der Waals surface area contributed by atoms with Crippen molar-refractivity contribution in [2.75, 3.05) is 7.11 Å². The molecule has 0 aliphatic carbocycles. The van der Waals surface area contributed by atoms with Gasteiger partial charge in [0.25, 0.3) is 0 Å². The van der Waals surface area contributed by atoms with Crippen LogP contribution in [-0.4, -0.2) is 7.11 Å². The smallest absolute Gasteiger partial charge is 0.201 e. The summed E-state index contributed by atoms with van der Waals surface area (Å²) in [5, 5.41) is 0.540. The third-order valence-corrected chi connectivity index (χ3v) is 3.92. The Balaban J connectivity index is 2.06. The highest BCUT2D eigenvalue weighted by Crippen LogP contribution is 2.33. The molecule has 4 aromatic rings. The number of methoxy groups -OCH3 is 1. The molecule has 0 bridgehead atoms. The van der Waals surface area contributed by atoms with Crippen LogP contribution in [0.1, 0.15) is 0 Å². The average molecular weight is 318 g/mol. The van der Waals surface area contributed by atoms with Gasteiger partial charge in [-0.25, -0.2) is 0 Å². The minimum absolute atomic E-state index is 0.0894. The van der Waals surface area contributed by atoms with Crippen LogP contribution in [0.25, 0.3) is 33.6 Å². The zero-order valence-corrected chi connectivity index (χ0v) is 13.0. The molecule has 0 saturated carbocycles. The zero-order chi connectivity index (χ0) is 16.5. The molecule has 2 aromatic heterocycles. The maximum Gasteiger partial charge on any atom is 0.201 e. The summed E-state index contributed by atoms with van der Waals surface area (Å²) in [5.41, 5.74) is 1.67. The fraction of sp³-hybridized carbons (Fsp3) is 0.0500. The van der Waals surface area contributed by atoms with Crippen molar-refractivity contribution in [1.29, 1.82) is 0 Å². The predicted octanol–water partition coefficient (Wildman–Crippen LogP) is 4.73. The number of hydrogen-bond acceptors (Lipinski definition) is 4. The highest BCUT2D eigenvalue weighted by atomic mass is 16.5. The molecule has 4 heteroatoms. The molecule has 0 aliphatic rings. The van der Waals surface area contributed by atoms with Gasteiger partial charge in [-0.3, -0.25) is 4.79 Å². The summed E-state index contributed by atoms with van der Waals surface area (Å²) >= 11 is 0. The molecule has 0 unspecified atom stereocenters. The summed E-state index contributed by atoms with van der Waals surface area (Å²) in [5.74, 6) is 1.67. The maximum absolute atomic E-state index is 13.1. The molecule has 0 radical (unpaired) electrons. The number of rotatable bonds is 3. The monoisotopic (exact) mass is 318 g/mol. The largest absolute Gasteiger partial charge is 0.497 e. The van der Waals surface area contributed by atoms with Crippen LogP contribution in [0.3, 0.4) is 0 Å². The second-order valence-corrected chi connectivity index (χ2v) is 5.34. The minimum atomic E-state index is -0.0894. The van der Waals surface area contributed by atoms with Crippen LogP contribution in [0.2, 0.25) is 0 Å². The zero-order valence-electron chi connectivity index (χ0n) is 13.0. The van der Waals surface area contributed by atoms with Gasteiger partial charge in [0, 0.05) is 0 Å². The highest BCUT2D eigenvalue weighted by molar-refractivity contribution is 5.88. The van der Waals surface area contributed by atoms with E-state index in [-0.39, 0.29) is 5.43 Å². The summed E-state index contributed by atoms with van der Waals surface area (Å²) in [7, 11) is 1.60. The van der Waals surface area contributed by atoms with Gasteiger partial charge in [0.15, 0.2) is 11.5 Å². The van der Waals surface area contributed by atoms with Crippen molar-refractivity contribution in [3.8, 4) is 28.4 Å². The van der Waals surface area contributed by atoms with Gasteiger partial charge in [-0.2, -0.15) is 0 Å². The minimum Gasteiger partial charge on any atom is -0.497 e. The van der Waals surface area contributed by atoms with Crippen LogP contribution >= 0.6 is 0 Å². The van der Waals surface area contributed by atoms with E-state index in [1.807, 2.05) is 36.4 Å². The van der Waals surface area contributed by atoms with Gasteiger partial charge in [-0.15, -0.1) is 0 Å². The van der Waals surface area contributed by atoms with Gasteiger partial charge < -0.3 is 13.6 Å². The molecule has 0 amide bonds. The lowest BCUT2D eigenvalue weighted by molar-refractivity contribution is 0.415. The van der Waals surface area contributed by atoms with E-state index >= 15 is 0 Å². The number of fused-ring (bicyclic) bond motifs is 1. The molecule has 118 valence electrons. The summed E-state index contributed by atoms with van der Waals surface area (Å²) in [6.45, 7) is 0. The Kier molecular flexibility index (Phi) is 3.43. The van der Waals surface area contributed by atoms with Gasteiger partial charge >= 0.3 is 0 Å². The van der Waals surface area contributed by atoms with Gasteiger partial charge in [-0.1, -0.05) is 24.3 Å². The molecule has 0 saturated heterocycles. The first-order chi connectivity index (χ1) is 11.8. The van der Waals surface area contributed by atoms with Crippen LogP contribution in [0.4, 0.5) is 0 Å². The first kappa shape index (κ1) is 14.3. The molecule has 0 fully saturated rings. The molecule has 4 rings (SSSR count). The second kappa shape index (κ2) is 5.74. The standard InChI is InChI=1S/C20H14O4/c1-22-14-10-8-13(9-11-14)18-19(21)15-5-2-3-6-16(15)24-20(18)17-7-4-12-23-17/h2-12H,1H3. The van der Waals surface area contributed by atoms with Gasteiger partial charge in [0.05, 0.1) is 24.3 Å². The molecule has 0 aliphatic heterocycles. The maximum atomic E-state index is 13.1. The molecular weight excluding hydrogens is 304 g/mol. The van der Waals surface area contributed by atoms with Crippen molar-refractivity contribution in [2.24, 2.45) is 0 Å². The van der Waals surface area contributed by atoms with E-state index in [1.54, 1.807) is 37.6 Å². The van der Waals surface area contributed by atoms with E-state index < -0.39 is 0 Å². The predicted molar refractivity (Wildman–Crippen MR) is 92.2 cm³/mol. The quantitative estimate of drug-likeness (QED) is 0.548. The molecule has 2 aromatic carbocycles. The fourth-order valence-electron chi connectivity index (χ4n) is 2.74. The Morgan fingerprint density at radius 3 is 2.42 bits per heavy atom. The fourth-order valence-corrected chi connectivity index (χ4v) is 2.74. The topological polar surface area (TPSA) is 52.6 Å². The molecular formula is C20H14O4. The number of furan rings is 1. The van der Waals surface area contributed by atoms with Gasteiger partial charge in [0.2, 0.25) is 5.43 Å². The van der Waals surface area contributed by atoms with Crippen molar-refractivity contribution in [1.82, 2.24) is 0 Å². The molecule has 24 heavy (non-hydrogen) atoms. The van der Waals surface area contributed by atoms with E-state index in [9.17, 15) is 4.79 Å². The van der Waals surface area contributed by atoms with E-state index in [0.717, 1.165) is 11.3 Å². The molecule has 0 N–H and O–H groups in total. The molecule has 2 heterocycles. The van der Waals surface area contributed by atoms with Crippen LogP contribution in [0.5, 0.6) is 5.75 Å².